The molecule has 1 fully saturated rings. The van der Waals surface area contributed by atoms with Crippen molar-refractivity contribution in [1.82, 2.24) is 9.78 Å². The molecular formula is C12H20N2O. The Bertz CT molecular complexity index is 326. The van der Waals surface area contributed by atoms with Crippen molar-refractivity contribution in [3.63, 3.8) is 0 Å². The van der Waals surface area contributed by atoms with Gasteiger partial charge in [-0.05, 0) is 31.2 Å². The van der Waals surface area contributed by atoms with Crippen LogP contribution in [0.4, 0.5) is 0 Å². The zero-order chi connectivity index (χ0) is 10.8. The minimum atomic E-state index is -0.315. The molecule has 0 saturated heterocycles. The highest BCUT2D eigenvalue weighted by Gasteiger charge is 2.26. The van der Waals surface area contributed by atoms with E-state index in [1.54, 1.807) is 0 Å². The molecule has 84 valence electrons. The Kier molecular flexibility index (Phi) is 3.10. The Hall–Kier alpha value is -0.830. The summed E-state index contributed by atoms with van der Waals surface area (Å²) >= 11 is 0. The molecule has 1 aromatic heterocycles. The fourth-order valence-electron chi connectivity index (χ4n) is 2.51. The van der Waals surface area contributed by atoms with E-state index in [1.165, 1.54) is 12.8 Å². The Balaban J connectivity index is 2.16. The quantitative estimate of drug-likeness (QED) is 0.827. The number of aromatic nitrogens is 2. The SMILES string of the molecule is CCc1cc(C(O)C2CCCC2)n(C)n1. The molecule has 0 bridgehead atoms. The number of nitrogens with zero attached hydrogens (tertiary/aromatic N) is 2. The predicted octanol–water partition coefficient (Wildman–Crippen LogP) is 2.21. The van der Waals surface area contributed by atoms with E-state index in [9.17, 15) is 5.11 Å². The fraction of sp³-hybridized carbons (Fsp3) is 0.750. The van der Waals surface area contributed by atoms with Gasteiger partial charge in [0.05, 0.1) is 17.5 Å². The van der Waals surface area contributed by atoms with Crippen molar-refractivity contribution in [1.29, 1.82) is 0 Å². The molecule has 1 saturated carbocycles. The summed E-state index contributed by atoms with van der Waals surface area (Å²) in [5.41, 5.74) is 2.06. The molecule has 1 aliphatic rings. The van der Waals surface area contributed by atoms with Gasteiger partial charge in [0.1, 0.15) is 0 Å². The first kappa shape index (κ1) is 10.7. The van der Waals surface area contributed by atoms with Crippen LogP contribution in [0.25, 0.3) is 0 Å². The van der Waals surface area contributed by atoms with Gasteiger partial charge in [-0.1, -0.05) is 19.8 Å². The fourth-order valence-corrected chi connectivity index (χ4v) is 2.51. The van der Waals surface area contributed by atoms with E-state index in [2.05, 4.69) is 12.0 Å². The van der Waals surface area contributed by atoms with Crippen molar-refractivity contribution < 1.29 is 5.11 Å². The van der Waals surface area contributed by atoms with Crippen LogP contribution in [0.3, 0.4) is 0 Å². The second-order valence-electron chi connectivity index (χ2n) is 4.53. The molecule has 2 rings (SSSR count). The summed E-state index contributed by atoms with van der Waals surface area (Å²) in [6.07, 6.45) is 5.47. The molecule has 0 amide bonds. The van der Waals surface area contributed by atoms with Crippen molar-refractivity contribution in [3.05, 3.63) is 17.5 Å². The zero-order valence-corrected chi connectivity index (χ0v) is 9.61. The lowest BCUT2D eigenvalue weighted by atomic mass is 9.98. The van der Waals surface area contributed by atoms with E-state index in [-0.39, 0.29) is 6.10 Å². The first-order chi connectivity index (χ1) is 7.22. The summed E-state index contributed by atoms with van der Waals surface area (Å²) < 4.78 is 1.84. The second-order valence-corrected chi connectivity index (χ2v) is 4.53. The maximum atomic E-state index is 10.2. The molecule has 1 unspecified atom stereocenters. The van der Waals surface area contributed by atoms with E-state index in [0.717, 1.165) is 30.7 Å². The molecule has 1 heterocycles. The molecule has 1 atom stereocenters. The first-order valence-corrected chi connectivity index (χ1v) is 5.93. The van der Waals surface area contributed by atoms with Gasteiger partial charge in [-0.2, -0.15) is 5.10 Å². The largest absolute Gasteiger partial charge is 0.387 e. The Morgan fingerprint density at radius 1 is 1.53 bits per heavy atom. The van der Waals surface area contributed by atoms with E-state index >= 15 is 0 Å². The summed E-state index contributed by atoms with van der Waals surface area (Å²) in [7, 11) is 1.92. The third kappa shape index (κ3) is 2.07. The van der Waals surface area contributed by atoms with Gasteiger partial charge in [-0.3, -0.25) is 4.68 Å². The molecule has 3 heteroatoms. The molecule has 15 heavy (non-hydrogen) atoms. The molecule has 0 aliphatic heterocycles. The van der Waals surface area contributed by atoms with Gasteiger partial charge < -0.3 is 5.11 Å². The average molecular weight is 208 g/mol. The summed E-state index contributed by atoms with van der Waals surface area (Å²) in [6.45, 7) is 2.09. The normalized spacial score (nSPS) is 19.7. The van der Waals surface area contributed by atoms with E-state index in [1.807, 2.05) is 17.8 Å². The highest BCUT2D eigenvalue weighted by atomic mass is 16.3. The summed E-state index contributed by atoms with van der Waals surface area (Å²) in [5.74, 6) is 0.449. The van der Waals surface area contributed by atoms with Gasteiger partial charge in [0.2, 0.25) is 0 Å². The molecule has 1 aromatic rings. The topological polar surface area (TPSA) is 38.0 Å². The number of rotatable bonds is 3. The summed E-state index contributed by atoms with van der Waals surface area (Å²) in [4.78, 5) is 0. The van der Waals surface area contributed by atoms with Crippen molar-refractivity contribution in [3.8, 4) is 0 Å². The van der Waals surface area contributed by atoms with Gasteiger partial charge in [0.25, 0.3) is 0 Å². The van der Waals surface area contributed by atoms with E-state index < -0.39 is 0 Å². The summed E-state index contributed by atoms with van der Waals surface area (Å²) in [5, 5.41) is 14.6. The lowest BCUT2D eigenvalue weighted by Gasteiger charge is -2.17. The number of aliphatic hydroxyl groups excluding tert-OH is 1. The minimum absolute atomic E-state index is 0.315. The van der Waals surface area contributed by atoms with Gasteiger partial charge in [-0.15, -0.1) is 0 Å². The van der Waals surface area contributed by atoms with Crippen LogP contribution < -0.4 is 0 Å². The second kappa shape index (κ2) is 4.35. The van der Waals surface area contributed by atoms with Crippen LogP contribution >= 0.6 is 0 Å². The number of aryl methyl sites for hydroxylation is 2. The third-order valence-corrected chi connectivity index (χ3v) is 3.48. The average Bonchev–Trinajstić information content (AvgIpc) is 2.85. The smallest absolute Gasteiger partial charge is 0.0984 e. The third-order valence-electron chi connectivity index (χ3n) is 3.48. The van der Waals surface area contributed by atoms with Crippen LogP contribution in [0.15, 0.2) is 6.07 Å². The van der Waals surface area contributed by atoms with Crippen LogP contribution in [-0.2, 0) is 13.5 Å². The van der Waals surface area contributed by atoms with Crippen LogP contribution in [0.2, 0.25) is 0 Å². The highest BCUT2D eigenvalue weighted by molar-refractivity contribution is 5.13. The van der Waals surface area contributed by atoms with Crippen LogP contribution in [0.5, 0.6) is 0 Å². The number of hydrogen-bond donors (Lipinski definition) is 1. The Labute approximate surface area is 91.1 Å². The van der Waals surface area contributed by atoms with Crippen LogP contribution in [0.1, 0.15) is 50.1 Å². The molecule has 1 N–H and O–H groups in total. The summed E-state index contributed by atoms with van der Waals surface area (Å²) in [6, 6.07) is 2.04. The van der Waals surface area contributed by atoms with Gasteiger partial charge in [0, 0.05) is 7.05 Å². The standard InChI is InChI=1S/C12H20N2O/c1-3-10-8-11(14(2)13-10)12(15)9-6-4-5-7-9/h8-9,12,15H,3-7H2,1-2H3. The minimum Gasteiger partial charge on any atom is -0.387 e. The van der Waals surface area contributed by atoms with Crippen molar-refractivity contribution in [2.24, 2.45) is 13.0 Å². The molecule has 0 radical (unpaired) electrons. The molecular weight excluding hydrogens is 188 g/mol. The number of aliphatic hydroxyl groups is 1. The van der Waals surface area contributed by atoms with Crippen molar-refractivity contribution in [2.45, 2.75) is 45.1 Å². The van der Waals surface area contributed by atoms with Gasteiger partial charge >= 0.3 is 0 Å². The lowest BCUT2D eigenvalue weighted by Crippen LogP contribution is -2.13. The molecule has 0 spiro atoms. The van der Waals surface area contributed by atoms with Gasteiger partial charge in [0.15, 0.2) is 0 Å². The monoisotopic (exact) mass is 208 g/mol. The zero-order valence-electron chi connectivity index (χ0n) is 9.61. The van der Waals surface area contributed by atoms with Gasteiger partial charge in [-0.25, -0.2) is 0 Å². The van der Waals surface area contributed by atoms with Crippen LogP contribution in [0, 0.1) is 5.92 Å². The molecule has 1 aliphatic carbocycles. The predicted molar refractivity (Wildman–Crippen MR) is 59.5 cm³/mol. The van der Waals surface area contributed by atoms with Crippen molar-refractivity contribution in [2.75, 3.05) is 0 Å². The maximum absolute atomic E-state index is 10.2. The Morgan fingerprint density at radius 2 is 2.20 bits per heavy atom. The molecule has 0 aromatic carbocycles. The maximum Gasteiger partial charge on any atom is 0.0984 e. The van der Waals surface area contributed by atoms with Crippen LogP contribution in [-0.4, -0.2) is 14.9 Å². The Morgan fingerprint density at radius 3 is 2.73 bits per heavy atom. The highest BCUT2D eigenvalue weighted by Crippen LogP contribution is 2.35. The van der Waals surface area contributed by atoms with E-state index in [0.29, 0.717) is 5.92 Å². The van der Waals surface area contributed by atoms with E-state index in [4.69, 9.17) is 0 Å². The van der Waals surface area contributed by atoms with Crippen molar-refractivity contribution >= 4 is 0 Å². The number of hydrogen-bond acceptors (Lipinski definition) is 2. The molecule has 3 nitrogen and oxygen atoms in total. The first-order valence-electron chi connectivity index (χ1n) is 5.93. The lowest BCUT2D eigenvalue weighted by molar-refractivity contribution is 0.103.